The van der Waals surface area contributed by atoms with E-state index in [2.05, 4.69) is 4.98 Å². The van der Waals surface area contributed by atoms with Gasteiger partial charge in [0, 0.05) is 17.3 Å². The van der Waals surface area contributed by atoms with Gasteiger partial charge in [0.15, 0.2) is 0 Å². The van der Waals surface area contributed by atoms with Gasteiger partial charge in [0.1, 0.15) is 5.82 Å². The first-order valence-corrected chi connectivity index (χ1v) is 6.88. The first-order chi connectivity index (χ1) is 10.1. The van der Waals surface area contributed by atoms with Gasteiger partial charge < -0.3 is 0 Å². The second-order valence-electron chi connectivity index (χ2n) is 6.32. The molecule has 1 aromatic carbocycles. The van der Waals surface area contributed by atoms with Crippen molar-refractivity contribution < 1.29 is 17.6 Å². The minimum Gasteiger partial charge on any atom is -0.261 e. The van der Waals surface area contributed by atoms with Gasteiger partial charge >= 0.3 is 6.18 Å². The molecule has 0 amide bonds. The SMILES string of the molecule is CC(C)(C)c1cc(Cc2cc(F)cc(C(F)(F)F)c2)ccn1. The number of pyridine rings is 1. The molecule has 22 heavy (non-hydrogen) atoms. The minimum absolute atomic E-state index is 0.158. The Morgan fingerprint density at radius 2 is 1.64 bits per heavy atom. The molecule has 0 unspecified atom stereocenters. The highest BCUT2D eigenvalue weighted by Gasteiger charge is 2.31. The molecule has 0 spiro atoms. The summed E-state index contributed by atoms with van der Waals surface area (Å²) in [5, 5.41) is 0. The van der Waals surface area contributed by atoms with E-state index in [4.69, 9.17) is 0 Å². The Labute approximate surface area is 127 Å². The van der Waals surface area contributed by atoms with Crippen LogP contribution in [0.2, 0.25) is 0 Å². The summed E-state index contributed by atoms with van der Waals surface area (Å²) in [7, 11) is 0. The Balaban J connectivity index is 2.34. The predicted octanol–water partition coefficient (Wildman–Crippen LogP) is 5.13. The smallest absolute Gasteiger partial charge is 0.261 e. The Hall–Kier alpha value is -1.91. The zero-order valence-electron chi connectivity index (χ0n) is 12.6. The maximum absolute atomic E-state index is 13.4. The molecule has 0 bridgehead atoms. The zero-order chi connectivity index (χ0) is 16.5. The van der Waals surface area contributed by atoms with Crippen LogP contribution in [0.3, 0.4) is 0 Å². The van der Waals surface area contributed by atoms with Crippen molar-refractivity contribution in [2.24, 2.45) is 0 Å². The van der Waals surface area contributed by atoms with Crippen molar-refractivity contribution in [2.45, 2.75) is 38.8 Å². The maximum atomic E-state index is 13.4. The van der Waals surface area contributed by atoms with Gasteiger partial charge in [-0.2, -0.15) is 13.2 Å². The third-order valence-electron chi connectivity index (χ3n) is 3.29. The molecule has 0 atom stereocenters. The molecule has 5 heteroatoms. The van der Waals surface area contributed by atoms with Crippen molar-refractivity contribution in [3.05, 3.63) is 64.7 Å². The summed E-state index contributed by atoms with van der Waals surface area (Å²) in [6.07, 6.45) is -2.70. The van der Waals surface area contributed by atoms with Gasteiger partial charge in [0.05, 0.1) is 5.56 Å². The Morgan fingerprint density at radius 3 is 2.23 bits per heavy atom. The Morgan fingerprint density at radius 1 is 0.955 bits per heavy atom. The standard InChI is InChI=1S/C17H17F4N/c1-16(2,3)15-9-11(4-5-22-15)6-12-7-13(17(19,20)21)10-14(18)8-12/h4-5,7-10H,6H2,1-3H3. The van der Waals surface area contributed by atoms with Crippen LogP contribution in [0.15, 0.2) is 36.5 Å². The van der Waals surface area contributed by atoms with E-state index < -0.39 is 17.6 Å². The summed E-state index contributed by atoms with van der Waals surface area (Å²) in [5.74, 6) is -0.880. The Bertz CT molecular complexity index is 669. The van der Waals surface area contributed by atoms with E-state index >= 15 is 0 Å². The number of nitrogens with zero attached hydrogens (tertiary/aromatic N) is 1. The molecular weight excluding hydrogens is 294 g/mol. The molecule has 1 nitrogen and oxygen atoms in total. The molecule has 0 fully saturated rings. The first kappa shape index (κ1) is 16.5. The fourth-order valence-corrected chi connectivity index (χ4v) is 2.15. The molecule has 0 radical (unpaired) electrons. The van der Waals surface area contributed by atoms with Crippen LogP contribution in [0, 0.1) is 5.82 Å². The summed E-state index contributed by atoms with van der Waals surface area (Å²) in [5.41, 5.74) is 0.816. The number of benzene rings is 1. The van der Waals surface area contributed by atoms with Gasteiger partial charge in [0.25, 0.3) is 0 Å². The lowest BCUT2D eigenvalue weighted by Crippen LogP contribution is -2.13. The maximum Gasteiger partial charge on any atom is 0.416 e. The van der Waals surface area contributed by atoms with E-state index in [1.54, 1.807) is 12.3 Å². The van der Waals surface area contributed by atoms with Crippen LogP contribution in [0.4, 0.5) is 17.6 Å². The summed E-state index contributed by atoms with van der Waals surface area (Å²) in [6, 6.07) is 6.20. The molecule has 118 valence electrons. The van der Waals surface area contributed by atoms with Crippen LogP contribution < -0.4 is 0 Å². The van der Waals surface area contributed by atoms with Gasteiger partial charge in [-0.05, 0) is 47.9 Å². The van der Waals surface area contributed by atoms with Crippen LogP contribution in [-0.2, 0) is 18.0 Å². The van der Waals surface area contributed by atoms with Crippen LogP contribution in [0.1, 0.15) is 43.2 Å². The molecule has 2 aromatic rings. The summed E-state index contributed by atoms with van der Waals surface area (Å²) in [4.78, 5) is 4.27. The Kier molecular flexibility index (Phi) is 4.27. The van der Waals surface area contributed by atoms with Crippen molar-refractivity contribution in [2.75, 3.05) is 0 Å². The molecule has 2 rings (SSSR count). The van der Waals surface area contributed by atoms with E-state index in [0.717, 1.165) is 23.4 Å². The molecular formula is C17H17F4N. The molecule has 1 aromatic heterocycles. The molecule has 0 aliphatic carbocycles. The van der Waals surface area contributed by atoms with Crippen molar-refractivity contribution in [3.8, 4) is 0 Å². The van der Waals surface area contributed by atoms with Crippen molar-refractivity contribution >= 4 is 0 Å². The van der Waals surface area contributed by atoms with E-state index in [1.165, 1.54) is 0 Å². The highest BCUT2D eigenvalue weighted by Crippen LogP contribution is 2.31. The first-order valence-electron chi connectivity index (χ1n) is 6.88. The molecule has 0 aliphatic heterocycles. The lowest BCUT2D eigenvalue weighted by molar-refractivity contribution is -0.137. The van der Waals surface area contributed by atoms with E-state index in [-0.39, 0.29) is 11.8 Å². The van der Waals surface area contributed by atoms with Crippen molar-refractivity contribution in [1.29, 1.82) is 0 Å². The summed E-state index contributed by atoms with van der Waals surface area (Å²) < 4.78 is 51.6. The van der Waals surface area contributed by atoms with E-state index in [0.29, 0.717) is 11.6 Å². The molecule has 0 saturated carbocycles. The largest absolute Gasteiger partial charge is 0.416 e. The number of aromatic nitrogens is 1. The second-order valence-corrected chi connectivity index (χ2v) is 6.32. The van der Waals surface area contributed by atoms with Crippen LogP contribution in [0.5, 0.6) is 0 Å². The number of alkyl halides is 3. The van der Waals surface area contributed by atoms with Crippen LogP contribution >= 0.6 is 0 Å². The highest BCUT2D eigenvalue weighted by molar-refractivity contribution is 5.32. The number of halogens is 4. The quantitative estimate of drug-likeness (QED) is 0.701. The fraction of sp³-hybridized carbons (Fsp3) is 0.353. The zero-order valence-corrected chi connectivity index (χ0v) is 12.6. The van der Waals surface area contributed by atoms with Crippen LogP contribution in [-0.4, -0.2) is 4.98 Å². The van der Waals surface area contributed by atoms with E-state index in [1.807, 2.05) is 26.8 Å². The third-order valence-corrected chi connectivity index (χ3v) is 3.29. The van der Waals surface area contributed by atoms with Gasteiger partial charge in [-0.3, -0.25) is 4.98 Å². The normalized spacial score (nSPS) is 12.5. The minimum atomic E-state index is -4.55. The van der Waals surface area contributed by atoms with Crippen LogP contribution in [0.25, 0.3) is 0 Å². The molecule has 0 N–H and O–H groups in total. The molecule has 0 saturated heterocycles. The average Bonchev–Trinajstić information content (AvgIpc) is 2.36. The average molecular weight is 311 g/mol. The van der Waals surface area contributed by atoms with Crippen molar-refractivity contribution in [1.82, 2.24) is 4.98 Å². The molecule has 1 heterocycles. The second kappa shape index (κ2) is 5.71. The predicted molar refractivity (Wildman–Crippen MR) is 77.1 cm³/mol. The topological polar surface area (TPSA) is 12.9 Å². The van der Waals surface area contributed by atoms with Gasteiger partial charge in [0.2, 0.25) is 0 Å². The molecule has 0 aliphatic rings. The number of rotatable bonds is 2. The number of hydrogen-bond acceptors (Lipinski definition) is 1. The lowest BCUT2D eigenvalue weighted by Gasteiger charge is -2.18. The third kappa shape index (κ3) is 4.06. The summed E-state index contributed by atoms with van der Waals surface area (Å²) >= 11 is 0. The van der Waals surface area contributed by atoms with E-state index in [9.17, 15) is 17.6 Å². The lowest BCUT2D eigenvalue weighted by atomic mass is 9.90. The van der Waals surface area contributed by atoms with Gasteiger partial charge in [-0.25, -0.2) is 4.39 Å². The summed E-state index contributed by atoms with van der Waals surface area (Å²) in [6.45, 7) is 6.01. The fourth-order valence-electron chi connectivity index (χ4n) is 2.15. The van der Waals surface area contributed by atoms with Gasteiger partial charge in [-0.1, -0.05) is 20.8 Å². The van der Waals surface area contributed by atoms with Crippen molar-refractivity contribution in [3.63, 3.8) is 0 Å². The number of hydrogen-bond donors (Lipinski definition) is 0. The monoisotopic (exact) mass is 311 g/mol. The van der Waals surface area contributed by atoms with Gasteiger partial charge in [-0.15, -0.1) is 0 Å². The highest BCUT2D eigenvalue weighted by atomic mass is 19.4.